The molecule has 1 amide bonds. The summed E-state index contributed by atoms with van der Waals surface area (Å²) in [5.74, 6) is -0.00583. The van der Waals surface area contributed by atoms with Crippen molar-refractivity contribution < 1.29 is 4.79 Å². The third-order valence-electron chi connectivity index (χ3n) is 2.51. The van der Waals surface area contributed by atoms with Gasteiger partial charge in [0.1, 0.15) is 0 Å². The van der Waals surface area contributed by atoms with Gasteiger partial charge in [-0.15, -0.1) is 11.3 Å². The number of benzene rings is 1. The van der Waals surface area contributed by atoms with Gasteiger partial charge in [0.25, 0.3) is 5.91 Å². The highest BCUT2D eigenvalue weighted by Crippen LogP contribution is 2.26. The largest absolute Gasteiger partial charge is 0.355 e. The molecule has 0 aliphatic carbocycles. The van der Waals surface area contributed by atoms with Crippen LogP contribution in [0.4, 0.5) is 0 Å². The zero-order chi connectivity index (χ0) is 10.8. The number of hydrogen-bond acceptors (Lipinski definition) is 2. The van der Waals surface area contributed by atoms with E-state index >= 15 is 0 Å². The van der Waals surface area contributed by atoms with Crippen LogP contribution in [0.2, 0.25) is 0 Å². The molecule has 78 valence electrons. The Morgan fingerprint density at radius 2 is 2.27 bits per heavy atom. The van der Waals surface area contributed by atoms with E-state index in [1.54, 1.807) is 18.4 Å². The first kappa shape index (κ1) is 10.2. The van der Waals surface area contributed by atoms with Gasteiger partial charge in [0.2, 0.25) is 0 Å². The van der Waals surface area contributed by atoms with Crippen LogP contribution in [0.25, 0.3) is 10.1 Å². The van der Waals surface area contributed by atoms with E-state index in [-0.39, 0.29) is 5.91 Å². The standard InChI is InChI=1S/C12H13NOS/c1-3-8-6-10(12(14)13-2)9-4-5-15-11(9)7-8/h4-7H,3H2,1-2H3,(H,13,14). The van der Waals surface area contributed by atoms with Crippen LogP contribution in [0.3, 0.4) is 0 Å². The molecule has 1 N–H and O–H groups in total. The molecule has 0 bridgehead atoms. The zero-order valence-corrected chi connectivity index (χ0v) is 9.65. The summed E-state index contributed by atoms with van der Waals surface area (Å²) in [5, 5.41) is 5.76. The number of hydrogen-bond donors (Lipinski definition) is 1. The van der Waals surface area contributed by atoms with Crippen molar-refractivity contribution in [2.45, 2.75) is 13.3 Å². The van der Waals surface area contributed by atoms with Crippen molar-refractivity contribution in [2.75, 3.05) is 7.05 Å². The van der Waals surface area contributed by atoms with Gasteiger partial charge in [-0.05, 0) is 35.6 Å². The minimum atomic E-state index is -0.00583. The van der Waals surface area contributed by atoms with Gasteiger partial charge in [0, 0.05) is 22.7 Å². The Morgan fingerprint density at radius 1 is 1.47 bits per heavy atom. The van der Waals surface area contributed by atoms with Crippen LogP contribution in [0.5, 0.6) is 0 Å². The fourth-order valence-electron chi connectivity index (χ4n) is 1.66. The molecule has 0 spiro atoms. The Morgan fingerprint density at radius 3 is 2.93 bits per heavy atom. The average molecular weight is 219 g/mol. The molecule has 3 heteroatoms. The molecule has 2 aromatic rings. The van der Waals surface area contributed by atoms with E-state index in [1.807, 2.05) is 17.5 Å². The number of rotatable bonds is 2. The van der Waals surface area contributed by atoms with Gasteiger partial charge in [-0.25, -0.2) is 0 Å². The lowest BCUT2D eigenvalue weighted by Crippen LogP contribution is -2.18. The average Bonchev–Trinajstić information content (AvgIpc) is 2.74. The summed E-state index contributed by atoms with van der Waals surface area (Å²) in [6, 6.07) is 6.14. The summed E-state index contributed by atoms with van der Waals surface area (Å²) < 4.78 is 1.19. The second-order valence-corrected chi connectivity index (χ2v) is 4.36. The highest BCUT2D eigenvalue weighted by Gasteiger charge is 2.10. The van der Waals surface area contributed by atoms with Crippen LogP contribution < -0.4 is 5.32 Å². The Bertz CT molecular complexity index is 501. The summed E-state index contributed by atoms with van der Waals surface area (Å²) in [6.45, 7) is 2.10. The Labute approximate surface area is 92.9 Å². The first-order valence-electron chi connectivity index (χ1n) is 4.98. The summed E-state index contributed by atoms with van der Waals surface area (Å²) >= 11 is 1.68. The van der Waals surface area contributed by atoms with Crippen LogP contribution in [0, 0.1) is 0 Å². The smallest absolute Gasteiger partial charge is 0.251 e. The third-order valence-corrected chi connectivity index (χ3v) is 3.38. The van der Waals surface area contributed by atoms with E-state index in [2.05, 4.69) is 18.3 Å². The van der Waals surface area contributed by atoms with Crippen molar-refractivity contribution in [1.29, 1.82) is 0 Å². The topological polar surface area (TPSA) is 29.1 Å². The molecule has 0 atom stereocenters. The van der Waals surface area contributed by atoms with E-state index in [0.29, 0.717) is 0 Å². The van der Waals surface area contributed by atoms with Gasteiger partial charge >= 0.3 is 0 Å². The lowest BCUT2D eigenvalue weighted by atomic mass is 10.0. The molecule has 0 fully saturated rings. The second-order valence-electron chi connectivity index (χ2n) is 3.41. The Hall–Kier alpha value is -1.35. The minimum Gasteiger partial charge on any atom is -0.355 e. The maximum absolute atomic E-state index is 11.7. The number of fused-ring (bicyclic) bond motifs is 1. The van der Waals surface area contributed by atoms with Gasteiger partial charge < -0.3 is 5.32 Å². The maximum Gasteiger partial charge on any atom is 0.251 e. The Balaban J connectivity index is 2.68. The molecule has 0 aliphatic rings. The van der Waals surface area contributed by atoms with Crippen LogP contribution in [0.15, 0.2) is 23.6 Å². The molecular formula is C12H13NOS. The molecule has 2 rings (SSSR count). The molecule has 0 saturated heterocycles. The first-order valence-corrected chi connectivity index (χ1v) is 5.86. The van der Waals surface area contributed by atoms with Crippen molar-refractivity contribution in [2.24, 2.45) is 0 Å². The highest BCUT2D eigenvalue weighted by molar-refractivity contribution is 7.17. The lowest BCUT2D eigenvalue weighted by Gasteiger charge is -2.04. The van der Waals surface area contributed by atoms with Gasteiger partial charge in [-0.1, -0.05) is 6.92 Å². The van der Waals surface area contributed by atoms with Crippen LogP contribution in [-0.4, -0.2) is 13.0 Å². The summed E-state index contributed by atoms with van der Waals surface area (Å²) in [7, 11) is 1.67. The minimum absolute atomic E-state index is 0.00583. The molecule has 0 unspecified atom stereocenters. The molecule has 0 aliphatic heterocycles. The van der Waals surface area contributed by atoms with Crippen molar-refractivity contribution >= 4 is 27.3 Å². The number of thiophene rings is 1. The van der Waals surface area contributed by atoms with Crippen molar-refractivity contribution in [3.63, 3.8) is 0 Å². The van der Waals surface area contributed by atoms with Crippen LogP contribution >= 0.6 is 11.3 Å². The number of nitrogens with one attached hydrogen (secondary N) is 1. The summed E-state index contributed by atoms with van der Waals surface area (Å²) in [5.41, 5.74) is 2.00. The number of aryl methyl sites for hydroxylation is 1. The molecule has 1 heterocycles. The lowest BCUT2D eigenvalue weighted by molar-refractivity contribution is 0.0964. The monoisotopic (exact) mass is 219 g/mol. The van der Waals surface area contributed by atoms with Gasteiger partial charge in [0.15, 0.2) is 0 Å². The first-order chi connectivity index (χ1) is 7.26. The van der Waals surface area contributed by atoms with E-state index in [4.69, 9.17) is 0 Å². The predicted octanol–water partition coefficient (Wildman–Crippen LogP) is 2.82. The van der Waals surface area contributed by atoms with E-state index < -0.39 is 0 Å². The Kier molecular flexibility index (Phi) is 2.73. The summed E-state index contributed by atoms with van der Waals surface area (Å²) in [4.78, 5) is 11.7. The van der Waals surface area contributed by atoms with Crippen LogP contribution in [-0.2, 0) is 6.42 Å². The molecule has 15 heavy (non-hydrogen) atoms. The van der Waals surface area contributed by atoms with Gasteiger partial charge in [0.05, 0.1) is 0 Å². The molecule has 1 aromatic heterocycles. The van der Waals surface area contributed by atoms with Crippen LogP contribution in [0.1, 0.15) is 22.8 Å². The third kappa shape index (κ3) is 1.75. The fraction of sp³-hybridized carbons (Fsp3) is 0.250. The van der Waals surface area contributed by atoms with Gasteiger partial charge in [-0.2, -0.15) is 0 Å². The van der Waals surface area contributed by atoms with Crippen molar-refractivity contribution in [1.82, 2.24) is 5.32 Å². The number of carbonyl (C=O) groups is 1. The molecule has 0 saturated carbocycles. The number of amides is 1. The maximum atomic E-state index is 11.7. The molecule has 1 aromatic carbocycles. The highest BCUT2D eigenvalue weighted by atomic mass is 32.1. The molecule has 0 radical (unpaired) electrons. The van der Waals surface area contributed by atoms with Gasteiger partial charge in [-0.3, -0.25) is 4.79 Å². The number of carbonyl (C=O) groups excluding carboxylic acids is 1. The fourth-order valence-corrected chi connectivity index (χ4v) is 2.53. The SMILES string of the molecule is CCc1cc(C(=O)NC)c2ccsc2c1. The molecular weight excluding hydrogens is 206 g/mol. The van der Waals surface area contributed by atoms with Crippen molar-refractivity contribution in [3.8, 4) is 0 Å². The zero-order valence-electron chi connectivity index (χ0n) is 8.83. The van der Waals surface area contributed by atoms with Crippen molar-refractivity contribution in [3.05, 3.63) is 34.7 Å². The summed E-state index contributed by atoms with van der Waals surface area (Å²) in [6.07, 6.45) is 0.956. The quantitative estimate of drug-likeness (QED) is 0.826. The second kappa shape index (κ2) is 4.03. The van der Waals surface area contributed by atoms with E-state index in [1.165, 1.54) is 10.3 Å². The van der Waals surface area contributed by atoms with E-state index in [9.17, 15) is 4.79 Å². The predicted molar refractivity (Wildman–Crippen MR) is 64.6 cm³/mol. The van der Waals surface area contributed by atoms with E-state index in [0.717, 1.165) is 17.4 Å². The molecule has 2 nitrogen and oxygen atoms in total. The normalized spacial score (nSPS) is 10.5.